The average molecular weight is 489 g/mol. The number of ketones is 2. The summed E-state index contributed by atoms with van der Waals surface area (Å²) < 4.78 is 6.54. The molecule has 0 fully saturated rings. The molecule has 2 heterocycles. The summed E-state index contributed by atoms with van der Waals surface area (Å²) in [5.41, 5.74) is 2.23. The zero-order valence-corrected chi connectivity index (χ0v) is 20.9. The van der Waals surface area contributed by atoms with Crippen LogP contribution in [0.3, 0.4) is 0 Å². The van der Waals surface area contributed by atoms with E-state index in [9.17, 15) is 19.2 Å². The van der Waals surface area contributed by atoms with Crippen molar-refractivity contribution in [2.24, 2.45) is 0 Å². The number of aromatic nitrogens is 3. The molecule has 0 saturated carbocycles. The number of hydrogen-bond acceptors (Lipinski definition) is 7. The van der Waals surface area contributed by atoms with Crippen LogP contribution in [0.4, 0.5) is 10.5 Å². The van der Waals surface area contributed by atoms with E-state index >= 15 is 0 Å². The Bertz CT molecular complexity index is 1360. The number of ether oxygens (including phenoxy) is 1. The van der Waals surface area contributed by atoms with E-state index in [0.29, 0.717) is 17.0 Å². The zero-order chi connectivity index (χ0) is 26.4. The highest BCUT2D eigenvalue weighted by molar-refractivity contribution is 6.19. The average Bonchev–Trinajstić information content (AvgIpc) is 2.84. The van der Waals surface area contributed by atoms with Crippen LogP contribution in [0.1, 0.15) is 40.7 Å². The molecule has 2 aromatic heterocycles. The van der Waals surface area contributed by atoms with Crippen LogP contribution in [0.2, 0.25) is 0 Å². The summed E-state index contributed by atoms with van der Waals surface area (Å²) in [7, 11) is 0. The molecule has 0 aliphatic rings. The second-order valence-corrected chi connectivity index (χ2v) is 8.27. The van der Waals surface area contributed by atoms with Crippen molar-refractivity contribution in [1.82, 2.24) is 14.8 Å². The van der Waals surface area contributed by atoms with Gasteiger partial charge in [-0.3, -0.25) is 24.3 Å². The van der Waals surface area contributed by atoms with Crippen LogP contribution in [0, 0.1) is 0 Å². The lowest BCUT2D eigenvalue weighted by atomic mass is 10.0. The molecule has 9 nitrogen and oxygen atoms in total. The smallest absolute Gasteiger partial charge is 0.418 e. The number of hydrogen-bond donors (Lipinski definition) is 0. The summed E-state index contributed by atoms with van der Waals surface area (Å²) in [6.07, 6.45) is 1.84. The van der Waals surface area contributed by atoms with Gasteiger partial charge in [-0.1, -0.05) is 30.3 Å². The molecular formula is C27H28N4O5. The molecule has 0 N–H and O–H groups in total. The number of nitrogens with zero attached hydrogens (tertiary/aromatic N) is 4. The minimum atomic E-state index is -0.780. The monoisotopic (exact) mass is 488 g/mol. The highest BCUT2D eigenvalue weighted by Gasteiger charge is 2.22. The van der Waals surface area contributed by atoms with E-state index in [-0.39, 0.29) is 29.5 Å². The maximum atomic E-state index is 12.9. The standard InChI is InChI=1S/C27H28N4O5/c1-6-36-27(35)30(16-23(18(4)32)19(5)33)21-14-22(24-12-13-25(34)31(29-24)17(2)3)26(28-15-21)20-10-8-7-9-11-20/h7-17H,6H2,1-5H3. The predicted molar refractivity (Wildman–Crippen MR) is 136 cm³/mol. The van der Waals surface area contributed by atoms with Crippen molar-refractivity contribution in [2.45, 2.75) is 40.7 Å². The van der Waals surface area contributed by atoms with Crippen molar-refractivity contribution in [3.8, 4) is 22.5 Å². The first kappa shape index (κ1) is 26.2. The summed E-state index contributed by atoms with van der Waals surface area (Å²) in [6, 6.07) is 13.9. The first-order valence-electron chi connectivity index (χ1n) is 11.5. The van der Waals surface area contributed by atoms with Gasteiger partial charge in [0.15, 0.2) is 11.6 Å². The Morgan fingerprint density at radius 3 is 2.31 bits per heavy atom. The lowest BCUT2D eigenvalue weighted by Gasteiger charge is -2.21. The van der Waals surface area contributed by atoms with Gasteiger partial charge in [0.05, 0.1) is 41.5 Å². The van der Waals surface area contributed by atoms with Crippen LogP contribution in [0.25, 0.3) is 22.5 Å². The fraction of sp³-hybridized carbons (Fsp3) is 0.259. The molecule has 0 bridgehead atoms. The number of pyridine rings is 1. The van der Waals surface area contributed by atoms with Gasteiger partial charge in [-0.25, -0.2) is 9.48 Å². The third-order valence-electron chi connectivity index (χ3n) is 5.27. The Balaban J connectivity index is 2.30. The first-order chi connectivity index (χ1) is 17.1. The number of benzene rings is 1. The van der Waals surface area contributed by atoms with Gasteiger partial charge in [-0.15, -0.1) is 0 Å². The van der Waals surface area contributed by atoms with E-state index in [1.54, 1.807) is 19.1 Å². The van der Waals surface area contributed by atoms with Crippen molar-refractivity contribution in [2.75, 3.05) is 11.5 Å². The molecular weight excluding hydrogens is 460 g/mol. The number of anilines is 1. The molecule has 3 rings (SSSR count). The van der Waals surface area contributed by atoms with Crippen molar-refractivity contribution >= 4 is 23.3 Å². The molecule has 1 amide bonds. The number of carbonyl (C=O) groups is 3. The molecule has 3 aromatic rings. The summed E-state index contributed by atoms with van der Waals surface area (Å²) in [4.78, 5) is 55.0. The van der Waals surface area contributed by atoms with Crippen LogP contribution in [0.15, 0.2) is 71.3 Å². The van der Waals surface area contributed by atoms with Gasteiger partial charge in [0, 0.05) is 23.4 Å². The molecule has 9 heteroatoms. The van der Waals surface area contributed by atoms with Gasteiger partial charge in [0.1, 0.15) is 0 Å². The number of Topliss-reactive ketones (excluding diaryl/α,β-unsaturated/α-hetero) is 2. The van der Waals surface area contributed by atoms with Crippen molar-refractivity contribution < 1.29 is 19.1 Å². The second kappa shape index (κ2) is 11.4. The van der Waals surface area contributed by atoms with E-state index < -0.39 is 17.7 Å². The van der Waals surface area contributed by atoms with E-state index in [0.717, 1.165) is 16.7 Å². The van der Waals surface area contributed by atoms with E-state index in [1.807, 2.05) is 44.2 Å². The first-order valence-corrected chi connectivity index (χ1v) is 11.5. The maximum Gasteiger partial charge on any atom is 0.418 e. The quantitative estimate of drug-likeness (QED) is 0.259. The van der Waals surface area contributed by atoms with Gasteiger partial charge < -0.3 is 4.74 Å². The fourth-order valence-electron chi connectivity index (χ4n) is 3.53. The van der Waals surface area contributed by atoms with Crippen LogP contribution in [0.5, 0.6) is 0 Å². The number of rotatable bonds is 8. The van der Waals surface area contributed by atoms with Gasteiger partial charge in [0.2, 0.25) is 0 Å². The summed E-state index contributed by atoms with van der Waals surface area (Å²) in [5.74, 6) is -0.979. The minimum absolute atomic E-state index is 0.0853. The minimum Gasteiger partial charge on any atom is -0.449 e. The third-order valence-corrected chi connectivity index (χ3v) is 5.27. The fourth-order valence-corrected chi connectivity index (χ4v) is 3.53. The molecule has 1 aromatic carbocycles. The highest BCUT2D eigenvalue weighted by atomic mass is 16.6. The summed E-state index contributed by atoms with van der Waals surface area (Å²) in [5, 5.41) is 4.53. The van der Waals surface area contributed by atoms with E-state index in [4.69, 9.17) is 4.74 Å². The molecule has 0 aliphatic carbocycles. The van der Waals surface area contributed by atoms with Gasteiger partial charge in [-0.2, -0.15) is 5.10 Å². The van der Waals surface area contributed by atoms with Crippen LogP contribution in [-0.4, -0.2) is 39.0 Å². The van der Waals surface area contributed by atoms with Crippen LogP contribution in [-0.2, 0) is 14.3 Å². The summed E-state index contributed by atoms with van der Waals surface area (Å²) >= 11 is 0. The Hall–Kier alpha value is -4.40. The third kappa shape index (κ3) is 5.80. The second-order valence-electron chi connectivity index (χ2n) is 8.27. The lowest BCUT2D eigenvalue weighted by Crippen LogP contribution is -2.28. The van der Waals surface area contributed by atoms with Crippen LogP contribution < -0.4 is 10.5 Å². The van der Waals surface area contributed by atoms with Crippen LogP contribution >= 0.6 is 0 Å². The topological polar surface area (TPSA) is 111 Å². The normalized spacial score (nSPS) is 10.6. The van der Waals surface area contributed by atoms with Gasteiger partial charge >= 0.3 is 6.09 Å². The van der Waals surface area contributed by atoms with E-state index in [2.05, 4.69) is 10.1 Å². The van der Waals surface area contributed by atoms with Gasteiger partial charge in [0.25, 0.3) is 5.56 Å². The number of amides is 1. The largest absolute Gasteiger partial charge is 0.449 e. The molecule has 0 atom stereocenters. The summed E-state index contributed by atoms with van der Waals surface area (Å²) in [6.45, 7) is 7.93. The molecule has 0 aliphatic heterocycles. The van der Waals surface area contributed by atoms with Crippen molar-refractivity contribution in [1.29, 1.82) is 0 Å². The SMILES string of the molecule is CCOC(=O)N(C=C(C(C)=O)C(C)=O)c1cnc(-c2ccccc2)c(-c2ccc(=O)n(C(C)C)n2)c1. The molecule has 186 valence electrons. The van der Waals surface area contributed by atoms with Crippen molar-refractivity contribution in [3.05, 3.63) is 76.9 Å². The lowest BCUT2D eigenvalue weighted by molar-refractivity contribution is -0.119. The molecule has 0 spiro atoms. The number of carbonyl (C=O) groups excluding carboxylic acids is 3. The molecule has 36 heavy (non-hydrogen) atoms. The number of allylic oxidation sites excluding steroid dienone is 1. The molecule has 0 saturated heterocycles. The molecule has 0 radical (unpaired) electrons. The maximum absolute atomic E-state index is 12.9. The predicted octanol–water partition coefficient (Wildman–Crippen LogP) is 4.58. The van der Waals surface area contributed by atoms with Gasteiger partial charge in [-0.05, 0) is 46.8 Å². The van der Waals surface area contributed by atoms with Crippen molar-refractivity contribution in [3.63, 3.8) is 0 Å². The zero-order valence-electron chi connectivity index (χ0n) is 20.9. The Labute approximate surface area is 209 Å². The highest BCUT2D eigenvalue weighted by Crippen LogP contribution is 2.33. The molecule has 0 unspecified atom stereocenters. The Kier molecular flexibility index (Phi) is 8.26. The Morgan fingerprint density at radius 2 is 1.72 bits per heavy atom. The Morgan fingerprint density at radius 1 is 1.06 bits per heavy atom. The van der Waals surface area contributed by atoms with E-state index in [1.165, 1.54) is 30.8 Å².